The number of hydrogen-bond acceptors (Lipinski definition) is 1. The SMILES string of the molecule is C#CCCc1ccc(OC)cc1Cl. The third kappa shape index (κ3) is 2.68. The molecule has 0 aliphatic carbocycles. The van der Waals surface area contributed by atoms with Gasteiger partial charge in [0.05, 0.1) is 7.11 Å². The lowest BCUT2D eigenvalue weighted by Crippen LogP contribution is -1.88. The van der Waals surface area contributed by atoms with E-state index in [0.717, 1.165) is 22.8 Å². The Hall–Kier alpha value is -1.13. The van der Waals surface area contributed by atoms with Crippen LogP contribution in [0.3, 0.4) is 0 Å². The molecule has 0 aliphatic rings. The molecule has 1 rings (SSSR count). The highest BCUT2D eigenvalue weighted by Gasteiger charge is 2.00. The fourth-order valence-electron chi connectivity index (χ4n) is 1.06. The summed E-state index contributed by atoms with van der Waals surface area (Å²) in [7, 11) is 1.62. The predicted octanol–water partition coefficient (Wildman–Crippen LogP) is 2.91. The monoisotopic (exact) mass is 194 g/mol. The first kappa shape index (κ1) is 9.95. The molecule has 0 unspecified atom stereocenters. The summed E-state index contributed by atoms with van der Waals surface area (Å²) in [5.74, 6) is 3.35. The van der Waals surface area contributed by atoms with Crippen molar-refractivity contribution in [3.05, 3.63) is 28.8 Å². The lowest BCUT2D eigenvalue weighted by Gasteiger charge is -2.04. The van der Waals surface area contributed by atoms with E-state index in [1.165, 1.54) is 0 Å². The van der Waals surface area contributed by atoms with E-state index in [4.69, 9.17) is 22.8 Å². The molecule has 0 saturated heterocycles. The minimum absolute atomic E-state index is 0.714. The van der Waals surface area contributed by atoms with E-state index in [1.54, 1.807) is 13.2 Å². The summed E-state index contributed by atoms with van der Waals surface area (Å²) < 4.78 is 5.03. The molecule has 0 spiro atoms. The Kier molecular flexibility index (Phi) is 3.67. The maximum absolute atomic E-state index is 6.00. The van der Waals surface area contributed by atoms with E-state index >= 15 is 0 Å². The molecular weight excluding hydrogens is 184 g/mol. The second-order valence-corrected chi connectivity index (χ2v) is 3.07. The van der Waals surface area contributed by atoms with Gasteiger partial charge in [0.15, 0.2) is 0 Å². The molecule has 1 aromatic rings. The minimum atomic E-state index is 0.714. The van der Waals surface area contributed by atoms with E-state index < -0.39 is 0 Å². The summed E-state index contributed by atoms with van der Waals surface area (Å²) in [6.07, 6.45) is 6.70. The Morgan fingerprint density at radius 1 is 1.54 bits per heavy atom. The topological polar surface area (TPSA) is 9.23 Å². The van der Waals surface area contributed by atoms with Crippen molar-refractivity contribution < 1.29 is 4.74 Å². The van der Waals surface area contributed by atoms with Gasteiger partial charge in [-0.3, -0.25) is 0 Å². The molecule has 0 atom stereocenters. The van der Waals surface area contributed by atoms with Gasteiger partial charge in [-0.05, 0) is 24.1 Å². The fraction of sp³-hybridized carbons (Fsp3) is 0.273. The van der Waals surface area contributed by atoms with E-state index in [0.29, 0.717) is 6.42 Å². The molecule has 0 fully saturated rings. The van der Waals surface area contributed by atoms with Gasteiger partial charge in [-0.15, -0.1) is 12.3 Å². The molecular formula is C11H11ClO. The summed E-state index contributed by atoms with van der Waals surface area (Å²) in [4.78, 5) is 0. The van der Waals surface area contributed by atoms with Gasteiger partial charge in [0.2, 0.25) is 0 Å². The number of aryl methyl sites for hydroxylation is 1. The van der Waals surface area contributed by atoms with Crippen molar-refractivity contribution in [2.75, 3.05) is 7.11 Å². The third-order valence-corrected chi connectivity index (χ3v) is 2.15. The highest BCUT2D eigenvalue weighted by Crippen LogP contribution is 2.23. The molecule has 1 aromatic carbocycles. The van der Waals surface area contributed by atoms with Crippen molar-refractivity contribution in [2.24, 2.45) is 0 Å². The van der Waals surface area contributed by atoms with Crippen molar-refractivity contribution in [3.8, 4) is 18.1 Å². The normalized spacial score (nSPS) is 9.31. The van der Waals surface area contributed by atoms with Crippen LogP contribution in [0.25, 0.3) is 0 Å². The summed E-state index contributed by atoms with van der Waals surface area (Å²) in [6, 6.07) is 5.63. The lowest BCUT2D eigenvalue weighted by atomic mass is 10.1. The second kappa shape index (κ2) is 4.79. The quantitative estimate of drug-likeness (QED) is 0.673. The van der Waals surface area contributed by atoms with E-state index in [2.05, 4.69) is 5.92 Å². The fourth-order valence-corrected chi connectivity index (χ4v) is 1.33. The molecule has 1 nitrogen and oxygen atoms in total. The van der Waals surface area contributed by atoms with Crippen LogP contribution in [0.15, 0.2) is 18.2 Å². The second-order valence-electron chi connectivity index (χ2n) is 2.66. The smallest absolute Gasteiger partial charge is 0.120 e. The third-order valence-electron chi connectivity index (χ3n) is 1.80. The summed E-state index contributed by atoms with van der Waals surface area (Å²) in [5.41, 5.74) is 1.07. The zero-order valence-corrected chi connectivity index (χ0v) is 8.27. The molecule has 0 saturated carbocycles. The minimum Gasteiger partial charge on any atom is -0.497 e. The van der Waals surface area contributed by atoms with Gasteiger partial charge >= 0.3 is 0 Å². The Morgan fingerprint density at radius 3 is 2.85 bits per heavy atom. The number of halogens is 1. The molecule has 0 amide bonds. The van der Waals surface area contributed by atoms with Crippen molar-refractivity contribution in [3.63, 3.8) is 0 Å². The Bertz CT molecular complexity index is 325. The lowest BCUT2D eigenvalue weighted by molar-refractivity contribution is 0.414. The number of ether oxygens (including phenoxy) is 1. The van der Waals surface area contributed by atoms with Crippen LogP contribution in [0, 0.1) is 12.3 Å². The van der Waals surface area contributed by atoms with Crippen LogP contribution >= 0.6 is 11.6 Å². The molecule has 13 heavy (non-hydrogen) atoms. The van der Waals surface area contributed by atoms with Crippen LogP contribution in [0.4, 0.5) is 0 Å². The standard InChI is InChI=1S/C11H11ClO/c1-3-4-5-9-6-7-10(13-2)8-11(9)12/h1,6-8H,4-5H2,2H3. The first-order valence-corrected chi connectivity index (χ1v) is 4.41. The van der Waals surface area contributed by atoms with Crippen molar-refractivity contribution >= 4 is 11.6 Å². The van der Waals surface area contributed by atoms with Gasteiger partial charge in [-0.1, -0.05) is 17.7 Å². The van der Waals surface area contributed by atoms with Crippen LogP contribution < -0.4 is 4.74 Å². The summed E-state index contributed by atoms with van der Waals surface area (Å²) in [6.45, 7) is 0. The summed E-state index contributed by atoms with van der Waals surface area (Å²) >= 11 is 6.00. The van der Waals surface area contributed by atoms with Gasteiger partial charge in [0, 0.05) is 11.4 Å². The predicted molar refractivity (Wildman–Crippen MR) is 55.2 cm³/mol. The maximum Gasteiger partial charge on any atom is 0.120 e. The van der Waals surface area contributed by atoms with Crippen LogP contribution in [0.5, 0.6) is 5.75 Å². The zero-order chi connectivity index (χ0) is 9.68. The van der Waals surface area contributed by atoms with Gasteiger partial charge in [0.1, 0.15) is 5.75 Å². The largest absolute Gasteiger partial charge is 0.497 e. The number of methoxy groups -OCH3 is 1. The average molecular weight is 195 g/mol. The maximum atomic E-state index is 6.00. The average Bonchev–Trinajstić information content (AvgIpc) is 2.16. The molecule has 0 bridgehead atoms. The number of hydrogen-bond donors (Lipinski definition) is 0. The van der Waals surface area contributed by atoms with Crippen molar-refractivity contribution in [1.82, 2.24) is 0 Å². The van der Waals surface area contributed by atoms with Crippen LogP contribution in [-0.4, -0.2) is 7.11 Å². The molecule has 2 heteroatoms. The van der Waals surface area contributed by atoms with Crippen LogP contribution in [0.2, 0.25) is 5.02 Å². The highest BCUT2D eigenvalue weighted by molar-refractivity contribution is 6.31. The molecule has 0 heterocycles. The Morgan fingerprint density at radius 2 is 2.31 bits per heavy atom. The van der Waals surface area contributed by atoms with E-state index in [-0.39, 0.29) is 0 Å². The van der Waals surface area contributed by atoms with E-state index in [1.807, 2.05) is 12.1 Å². The Balaban J connectivity index is 2.80. The first-order chi connectivity index (χ1) is 6.27. The van der Waals surface area contributed by atoms with Gasteiger partial charge in [-0.25, -0.2) is 0 Å². The van der Waals surface area contributed by atoms with Gasteiger partial charge < -0.3 is 4.74 Å². The highest BCUT2D eigenvalue weighted by atomic mass is 35.5. The molecule has 0 radical (unpaired) electrons. The molecule has 0 aliphatic heterocycles. The van der Waals surface area contributed by atoms with Crippen molar-refractivity contribution in [2.45, 2.75) is 12.8 Å². The number of rotatable bonds is 3. The molecule has 0 aromatic heterocycles. The molecule has 0 N–H and O–H groups in total. The van der Waals surface area contributed by atoms with Gasteiger partial charge in [0.25, 0.3) is 0 Å². The van der Waals surface area contributed by atoms with Gasteiger partial charge in [-0.2, -0.15) is 0 Å². The Labute approximate surface area is 83.7 Å². The first-order valence-electron chi connectivity index (χ1n) is 4.04. The zero-order valence-electron chi connectivity index (χ0n) is 7.51. The van der Waals surface area contributed by atoms with Crippen LogP contribution in [0.1, 0.15) is 12.0 Å². The molecule has 68 valence electrons. The number of benzene rings is 1. The summed E-state index contributed by atoms with van der Waals surface area (Å²) in [5, 5.41) is 0.717. The number of terminal acetylenes is 1. The van der Waals surface area contributed by atoms with Crippen molar-refractivity contribution in [1.29, 1.82) is 0 Å². The van der Waals surface area contributed by atoms with E-state index in [9.17, 15) is 0 Å². The van der Waals surface area contributed by atoms with Crippen LogP contribution in [-0.2, 0) is 6.42 Å².